The Kier molecular flexibility index (Phi) is 9.41. The van der Waals surface area contributed by atoms with Crippen molar-refractivity contribution in [3.05, 3.63) is 29.3 Å². The average Bonchev–Trinajstić information content (AvgIpc) is 2.65. The second-order valence-electron chi connectivity index (χ2n) is 5.56. The van der Waals surface area contributed by atoms with E-state index in [1.807, 2.05) is 24.3 Å². The van der Waals surface area contributed by atoms with Crippen LogP contribution in [0.4, 0.5) is 0 Å². The molecule has 1 aromatic rings. The standard InChI is InChI=1S/C16H25ClN4O2S3/c1-18-16(19-6-10-25-15-4-2-14(17)3-5-15)20-7-13-26(22,23)21-8-11-24-12-9-21/h2-5H,6-13H2,1H3,(H2,18,19,20). The lowest BCUT2D eigenvalue weighted by Gasteiger charge is -2.25. The van der Waals surface area contributed by atoms with E-state index >= 15 is 0 Å². The summed E-state index contributed by atoms with van der Waals surface area (Å²) >= 11 is 9.39. The van der Waals surface area contributed by atoms with Gasteiger partial charge in [-0.25, -0.2) is 12.7 Å². The number of aliphatic imine (C=N–C) groups is 1. The molecule has 26 heavy (non-hydrogen) atoms. The molecule has 10 heteroatoms. The summed E-state index contributed by atoms with van der Waals surface area (Å²) in [7, 11) is -1.51. The van der Waals surface area contributed by atoms with E-state index in [1.165, 1.54) is 0 Å². The van der Waals surface area contributed by atoms with Crippen LogP contribution in [0.1, 0.15) is 0 Å². The van der Waals surface area contributed by atoms with Gasteiger partial charge in [-0.1, -0.05) is 11.6 Å². The van der Waals surface area contributed by atoms with Crippen molar-refractivity contribution in [3.8, 4) is 0 Å². The minimum atomic E-state index is -3.19. The molecule has 0 saturated carbocycles. The lowest BCUT2D eigenvalue weighted by atomic mass is 10.4. The van der Waals surface area contributed by atoms with Crippen molar-refractivity contribution in [3.63, 3.8) is 0 Å². The Labute approximate surface area is 169 Å². The van der Waals surface area contributed by atoms with Gasteiger partial charge < -0.3 is 10.6 Å². The molecule has 6 nitrogen and oxygen atoms in total. The van der Waals surface area contributed by atoms with Crippen LogP contribution in [0.5, 0.6) is 0 Å². The number of guanidine groups is 1. The number of hydrogen-bond acceptors (Lipinski definition) is 5. The van der Waals surface area contributed by atoms with Crippen molar-refractivity contribution < 1.29 is 8.42 Å². The summed E-state index contributed by atoms with van der Waals surface area (Å²) in [6.07, 6.45) is 0. The largest absolute Gasteiger partial charge is 0.356 e. The molecule has 0 radical (unpaired) electrons. The molecule has 1 aliphatic rings. The molecule has 1 saturated heterocycles. The van der Waals surface area contributed by atoms with Crippen molar-refractivity contribution >= 4 is 51.1 Å². The van der Waals surface area contributed by atoms with Gasteiger partial charge in [0.05, 0.1) is 5.75 Å². The maximum Gasteiger partial charge on any atom is 0.215 e. The summed E-state index contributed by atoms with van der Waals surface area (Å²) in [5.74, 6) is 3.32. The van der Waals surface area contributed by atoms with Crippen LogP contribution in [0.25, 0.3) is 0 Å². The molecular formula is C16H25ClN4O2S3. The monoisotopic (exact) mass is 436 g/mol. The number of thioether (sulfide) groups is 2. The minimum Gasteiger partial charge on any atom is -0.356 e. The molecule has 1 fully saturated rings. The zero-order valence-electron chi connectivity index (χ0n) is 14.8. The molecule has 1 heterocycles. The highest BCUT2D eigenvalue weighted by molar-refractivity contribution is 7.99. The van der Waals surface area contributed by atoms with Crippen LogP contribution in [0.15, 0.2) is 34.2 Å². The Morgan fingerprint density at radius 2 is 1.88 bits per heavy atom. The smallest absolute Gasteiger partial charge is 0.215 e. The van der Waals surface area contributed by atoms with E-state index in [0.29, 0.717) is 25.6 Å². The zero-order valence-corrected chi connectivity index (χ0v) is 18.0. The van der Waals surface area contributed by atoms with Gasteiger partial charge in [0, 0.05) is 60.4 Å². The van der Waals surface area contributed by atoms with Crippen molar-refractivity contribution in [2.75, 3.05) is 56.2 Å². The van der Waals surface area contributed by atoms with Crippen LogP contribution in [-0.2, 0) is 10.0 Å². The molecule has 0 unspecified atom stereocenters. The summed E-state index contributed by atoms with van der Waals surface area (Å²) in [4.78, 5) is 5.29. The van der Waals surface area contributed by atoms with Gasteiger partial charge in [-0.3, -0.25) is 4.99 Å². The molecule has 0 aromatic heterocycles. The third kappa shape index (κ3) is 7.56. The van der Waals surface area contributed by atoms with Gasteiger partial charge in [-0.05, 0) is 24.3 Å². The first-order valence-corrected chi connectivity index (χ1v) is 12.5. The Balaban J connectivity index is 1.65. The van der Waals surface area contributed by atoms with Crippen LogP contribution in [0.3, 0.4) is 0 Å². The number of sulfonamides is 1. The summed E-state index contributed by atoms with van der Waals surface area (Å²) in [5.41, 5.74) is 0. The van der Waals surface area contributed by atoms with Gasteiger partial charge in [0.2, 0.25) is 10.0 Å². The predicted molar refractivity (Wildman–Crippen MR) is 114 cm³/mol. The number of benzene rings is 1. The Bertz CT molecular complexity index is 677. The summed E-state index contributed by atoms with van der Waals surface area (Å²) in [6, 6.07) is 7.73. The summed E-state index contributed by atoms with van der Waals surface area (Å²) in [5, 5.41) is 7.00. The van der Waals surface area contributed by atoms with E-state index in [2.05, 4.69) is 15.6 Å². The Hall–Kier alpha value is -0.610. The van der Waals surface area contributed by atoms with E-state index in [0.717, 1.165) is 33.7 Å². The van der Waals surface area contributed by atoms with Crippen molar-refractivity contribution in [2.45, 2.75) is 4.90 Å². The van der Waals surface area contributed by atoms with Crippen LogP contribution in [0.2, 0.25) is 5.02 Å². The zero-order chi connectivity index (χ0) is 18.8. The van der Waals surface area contributed by atoms with Crippen LogP contribution >= 0.6 is 35.1 Å². The number of rotatable bonds is 8. The SMILES string of the molecule is CN=C(NCCSc1ccc(Cl)cc1)NCCS(=O)(=O)N1CCSCC1. The van der Waals surface area contributed by atoms with E-state index in [9.17, 15) is 8.42 Å². The Morgan fingerprint density at radius 1 is 1.23 bits per heavy atom. The highest BCUT2D eigenvalue weighted by Crippen LogP contribution is 2.19. The molecule has 0 atom stereocenters. The first-order valence-electron chi connectivity index (χ1n) is 8.40. The fraction of sp³-hybridized carbons (Fsp3) is 0.562. The van der Waals surface area contributed by atoms with E-state index in [4.69, 9.17) is 11.6 Å². The molecular weight excluding hydrogens is 412 g/mol. The first kappa shape index (κ1) is 21.7. The fourth-order valence-electron chi connectivity index (χ4n) is 2.34. The molecule has 2 rings (SSSR count). The van der Waals surface area contributed by atoms with Gasteiger partial charge >= 0.3 is 0 Å². The second-order valence-corrected chi connectivity index (χ2v) is 10.5. The maximum atomic E-state index is 12.3. The molecule has 0 aliphatic carbocycles. The van der Waals surface area contributed by atoms with Gasteiger partial charge in [0.25, 0.3) is 0 Å². The third-order valence-corrected chi connectivity index (χ3v) is 7.80. The lowest BCUT2D eigenvalue weighted by Crippen LogP contribution is -2.44. The number of halogens is 1. The Morgan fingerprint density at radius 3 is 2.54 bits per heavy atom. The van der Waals surface area contributed by atoms with E-state index < -0.39 is 10.0 Å². The van der Waals surface area contributed by atoms with Crippen LogP contribution in [0, 0.1) is 0 Å². The quantitative estimate of drug-likeness (QED) is 0.281. The first-order chi connectivity index (χ1) is 12.5. The maximum absolute atomic E-state index is 12.3. The van der Waals surface area contributed by atoms with Gasteiger partial charge in [-0.2, -0.15) is 11.8 Å². The van der Waals surface area contributed by atoms with Crippen molar-refractivity contribution in [1.29, 1.82) is 0 Å². The van der Waals surface area contributed by atoms with Gasteiger partial charge in [-0.15, -0.1) is 11.8 Å². The predicted octanol–water partition coefficient (Wildman–Crippen LogP) is 1.98. The van der Waals surface area contributed by atoms with E-state index in [1.54, 1.807) is 34.9 Å². The average molecular weight is 437 g/mol. The fourth-order valence-corrected chi connectivity index (χ4v) is 5.73. The number of hydrogen-bond donors (Lipinski definition) is 2. The number of nitrogens with zero attached hydrogens (tertiary/aromatic N) is 2. The molecule has 2 N–H and O–H groups in total. The van der Waals surface area contributed by atoms with Crippen molar-refractivity contribution in [1.82, 2.24) is 14.9 Å². The molecule has 0 amide bonds. The molecule has 146 valence electrons. The molecule has 1 aromatic carbocycles. The summed E-state index contributed by atoms with van der Waals surface area (Å²) < 4.78 is 26.2. The van der Waals surface area contributed by atoms with Crippen molar-refractivity contribution in [2.24, 2.45) is 4.99 Å². The van der Waals surface area contributed by atoms with Crippen LogP contribution in [-0.4, -0.2) is 74.9 Å². The molecule has 0 bridgehead atoms. The normalized spacial score (nSPS) is 16.5. The van der Waals surface area contributed by atoms with Crippen LogP contribution < -0.4 is 10.6 Å². The van der Waals surface area contributed by atoms with Gasteiger partial charge in [0.1, 0.15) is 0 Å². The summed E-state index contributed by atoms with van der Waals surface area (Å²) in [6.45, 7) is 2.29. The van der Waals surface area contributed by atoms with E-state index in [-0.39, 0.29) is 5.75 Å². The highest BCUT2D eigenvalue weighted by atomic mass is 35.5. The van der Waals surface area contributed by atoms with Gasteiger partial charge in [0.15, 0.2) is 5.96 Å². The highest BCUT2D eigenvalue weighted by Gasteiger charge is 2.23. The second kappa shape index (κ2) is 11.3. The minimum absolute atomic E-state index is 0.0812. The lowest BCUT2D eigenvalue weighted by molar-refractivity contribution is 0.443. The topological polar surface area (TPSA) is 73.8 Å². The molecule has 0 spiro atoms. The number of nitrogens with one attached hydrogen (secondary N) is 2. The third-order valence-electron chi connectivity index (χ3n) is 3.72. The molecule has 1 aliphatic heterocycles.